The first-order chi connectivity index (χ1) is 5.83. The summed E-state index contributed by atoms with van der Waals surface area (Å²) in [4.78, 5) is 11.2. The number of carbonyl (C=O) groups is 1. The van der Waals surface area contributed by atoms with Gasteiger partial charge in [-0.1, -0.05) is 0 Å². The van der Waals surface area contributed by atoms with Crippen molar-refractivity contribution in [1.82, 2.24) is 15.1 Å². The molecular weight excluding hydrogens is 156 g/mol. The van der Waals surface area contributed by atoms with Gasteiger partial charge in [0.05, 0.1) is 12.7 Å². The van der Waals surface area contributed by atoms with Gasteiger partial charge in [0.15, 0.2) is 0 Å². The van der Waals surface area contributed by atoms with Gasteiger partial charge in [0, 0.05) is 6.54 Å². The molecule has 0 aliphatic carbocycles. The van der Waals surface area contributed by atoms with Gasteiger partial charge < -0.3 is 5.32 Å². The topological polar surface area (TPSA) is 70.7 Å². The quantitative estimate of drug-likeness (QED) is 0.559. The molecule has 1 aliphatic heterocycles. The van der Waals surface area contributed by atoms with Crippen LogP contribution < -0.4 is 5.32 Å². The standard InChI is InChI=1S/C7H6N4O/c8-3-5-4-10-11-2-1-9-7(12)6(5)11/h4H,1-2H2,(H,9,12). The van der Waals surface area contributed by atoms with E-state index in [9.17, 15) is 4.79 Å². The molecule has 5 nitrogen and oxygen atoms in total. The van der Waals surface area contributed by atoms with Crippen molar-refractivity contribution >= 4 is 5.91 Å². The first kappa shape index (κ1) is 6.85. The highest BCUT2D eigenvalue weighted by atomic mass is 16.2. The van der Waals surface area contributed by atoms with Gasteiger partial charge in [-0.25, -0.2) is 0 Å². The lowest BCUT2D eigenvalue weighted by atomic mass is 10.2. The third-order valence-electron chi connectivity index (χ3n) is 1.78. The monoisotopic (exact) mass is 162 g/mol. The summed E-state index contributed by atoms with van der Waals surface area (Å²) in [7, 11) is 0. The van der Waals surface area contributed by atoms with E-state index < -0.39 is 0 Å². The number of fused-ring (bicyclic) bond motifs is 1. The van der Waals surface area contributed by atoms with Crippen molar-refractivity contribution in [2.24, 2.45) is 0 Å². The fourth-order valence-corrected chi connectivity index (χ4v) is 1.24. The van der Waals surface area contributed by atoms with E-state index in [0.29, 0.717) is 24.3 Å². The van der Waals surface area contributed by atoms with Gasteiger partial charge in [-0.2, -0.15) is 10.4 Å². The molecule has 0 fully saturated rings. The van der Waals surface area contributed by atoms with Gasteiger partial charge in [0.1, 0.15) is 17.3 Å². The fraction of sp³-hybridized carbons (Fsp3) is 0.286. The average Bonchev–Trinajstić information content (AvgIpc) is 2.49. The molecule has 2 heterocycles. The van der Waals surface area contributed by atoms with Crippen LogP contribution in [0.1, 0.15) is 16.1 Å². The molecule has 0 bridgehead atoms. The maximum absolute atomic E-state index is 11.2. The minimum absolute atomic E-state index is 0.213. The Morgan fingerprint density at radius 2 is 2.58 bits per heavy atom. The number of nitriles is 1. The largest absolute Gasteiger partial charge is 0.349 e. The second-order valence-corrected chi connectivity index (χ2v) is 2.50. The zero-order valence-electron chi connectivity index (χ0n) is 6.24. The van der Waals surface area contributed by atoms with Crippen LogP contribution in [-0.4, -0.2) is 22.2 Å². The summed E-state index contributed by atoms with van der Waals surface area (Å²) < 4.78 is 1.55. The van der Waals surface area contributed by atoms with E-state index in [-0.39, 0.29) is 5.91 Å². The summed E-state index contributed by atoms with van der Waals surface area (Å²) in [6.45, 7) is 1.22. The summed E-state index contributed by atoms with van der Waals surface area (Å²) >= 11 is 0. The number of nitrogens with zero attached hydrogens (tertiary/aromatic N) is 3. The van der Waals surface area contributed by atoms with Crippen LogP contribution in [0.4, 0.5) is 0 Å². The van der Waals surface area contributed by atoms with Crippen molar-refractivity contribution in [1.29, 1.82) is 5.26 Å². The lowest BCUT2D eigenvalue weighted by molar-refractivity contribution is 0.0924. The number of hydrogen-bond acceptors (Lipinski definition) is 3. The molecule has 1 aliphatic rings. The van der Waals surface area contributed by atoms with Crippen LogP contribution in [0.3, 0.4) is 0 Å². The van der Waals surface area contributed by atoms with Crippen LogP contribution in [0.5, 0.6) is 0 Å². The summed E-state index contributed by atoms with van der Waals surface area (Å²) in [6.07, 6.45) is 1.42. The molecule has 12 heavy (non-hydrogen) atoms. The molecule has 0 radical (unpaired) electrons. The molecule has 1 N–H and O–H groups in total. The average molecular weight is 162 g/mol. The van der Waals surface area contributed by atoms with Crippen LogP contribution >= 0.6 is 0 Å². The Hall–Kier alpha value is -1.83. The molecule has 1 aromatic heterocycles. The van der Waals surface area contributed by atoms with E-state index in [2.05, 4.69) is 10.4 Å². The highest BCUT2D eigenvalue weighted by Gasteiger charge is 2.21. The molecule has 0 aromatic carbocycles. The van der Waals surface area contributed by atoms with E-state index in [4.69, 9.17) is 5.26 Å². The Morgan fingerprint density at radius 3 is 3.33 bits per heavy atom. The minimum atomic E-state index is -0.213. The first-order valence-electron chi connectivity index (χ1n) is 3.57. The zero-order valence-corrected chi connectivity index (χ0v) is 6.24. The second-order valence-electron chi connectivity index (χ2n) is 2.50. The molecule has 0 saturated carbocycles. The first-order valence-corrected chi connectivity index (χ1v) is 3.57. The van der Waals surface area contributed by atoms with Gasteiger partial charge in [0.25, 0.3) is 5.91 Å². The van der Waals surface area contributed by atoms with Crippen molar-refractivity contribution in [3.63, 3.8) is 0 Å². The van der Waals surface area contributed by atoms with Gasteiger partial charge in [-0.15, -0.1) is 0 Å². The van der Waals surface area contributed by atoms with E-state index in [1.807, 2.05) is 6.07 Å². The molecule has 0 atom stereocenters. The van der Waals surface area contributed by atoms with E-state index in [1.54, 1.807) is 4.68 Å². The summed E-state index contributed by atoms with van der Waals surface area (Å²) in [6, 6.07) is 1.92. The van der Waals surface area contributed by atoms with E-state index >= 15 is 0 Å². The van der Waals surface area contributed by atoms with Crippen LogP contribution in [0.15, 0.2) is 6.20 Å². The molecule has 1 aromatic rings. The Labute approximate surface area is 68.6 Å². The minimum Gasteiger partial charge on any atom is -0.349 e. The van der Waals surface area contributed by atoms with Crippen LogP contribution in [0.25, 0.3) is 0 Å². The fourth-order valence-electron chi connectivity index (χ4n) is 1.24. The van der Waals surface area contributed by atoms with Crippen molar-refractivity contribution < 1.29 is 4.79 Å². The lowest BCUT2D eigenvalue weighted by Crippen LogP contribution is -2.36. The highest BCUT2D eigenvalue weighted by molar-refractivity contribution is 5.95. The Morgan fingerprint density at radius 1 is 1.75 bits per heavy atom. The Balaban J connectivity index is 2.59. The SMILES string of the molecule is N#Cc1cnn2c1C(=O)NCC2. The van der Waals surface area contributed by atoms with Gasteiger partial charge >= 0.3 is 0 Å². The molecular formula is C7H6N4O. The number of nitrogens with one attached hydrogen (secondary N) is 1. The van der Waals surface area contributed by atoms with Crippen LogP contribution in [0.2, 0.25) is 0 Å². The third-order valence-corrected chi connectivity index (χ3v) is 1.78. The summed E-state index contributed by atoms with van der Waals surface area (Å²) in [5, 5.41) is 15.2. The van der Waals surface area contributed by atoms with Crippen molar-refractivity contribution in [2.45, 2.75) is 6.54 Å². The predicted octanol–water partition coefficient (Wildman–Crippen LogP) is -0.502. The zero-order chi connectivity index (χ0) is 8.55. The Bertz CT molecular complexity index is 373. The molecule has 1 amide bonds. The summed E-state index contributed by atoms with van der Waals surface area (Å²) in [5.41, 5.74) is 0.718. The third kappa shape index (κ3) is 0.782. The number of hydrogen-bond donors (Lipinski definition) is 1. The second kappa shape index (κ2) is 2.34. The molecule has 2 rings (SSSR count). The van der Waals surface area contributed by atoms with Gasteiger partial charge in [0.2, 0.25) is 0 Å². The Kier molecular flexibility index (Phi) is 1.34. The molecule has 0 unspecified atom stereocenters. The van der Waals surface area contributed by atoms with Crippen molar-refractivity contribution in [3.8, 4) is 6.07 Å². The lowest BCUT2D eigenvalue weighted by Gasteiger charge is -2.13. The van der Waals surface area contributed by atoms with Crippen molar-refractivity contribution in [2.75, 3.05) is 6.54 Å². The normalized spacial score (nSPS) is 14.8. The molecule has 0 spiro atoms. The van der Waals surface area contributed by atoms with Crippen LogP contribution in [0, 0.1) is 11.3 Å². The summed E-state index contributed by atoms with van der Waals surface area (Å²) in [5.74, 6) is -0.213. The van der Waals surface area contributed by atoms with E-state index in [1.165, 1.54) is 6.20 Å². The number of amides is 1. The number of aromatic nitrogens is 2. The number of rotatable bonds is 0. The van der Waals surface area contributed by atoms with Gasteiger partial charge in [-0.3, -0.25) is 9.48 Å². The molecule has 5 heteroatoms. The number of carbonyl (C=O) groups excluding carboxylic acids is 1. The maximum Gasteiger partial charge on any atom is 0.271 e. The molecule has 60 valence electrons. The van der Waals surface area contributed by atoms with E-state index in [0.717, 1.165) is 0 Å². The maximum atomic E-state index is 11.2. The predicted molar refractivity (Wildman–Crippen MR) is 39.3 cm³/mol. The highest BCUT2D eigenvalue weighted by Crippen LogP contribution is 2.09. The van der Waals surface area contributed by atoms with Gasteiger partial charge in [-0.05, 0) is 0 Å². The van der Waals surface area contributed by atoms with Crippen molar-refractivity contribution in [3.05, 3.63) is 17.5 Å². The van der Waals surface area contributed by atoms with Crippen LogP contribution in [-0.2, 0) is 6.54 Å². The smallest absolute Gasteiger partial charge is 0.271 e. The molecule has 0 saturated heterocycles.